The lowest BCUT2D eigenvalue weighted by molar-refractivity contribution is -0.134. The quantitative estimate of drug-likeness (QED) is 0.839. The van der Waals surface area contributed by atoms with Crippen LogP contribution in [0.15, 0.2) is 36.9 Å². The van der Waals surface area contributed by atoms with Crippen molar-refractivity contribution in [2.24, 2.45) is 0 Å². The molecule has 0 saturated carbocycles. The molecule has 0 radical (unpaired) electrons. The smallest absolute Gasteiger partial charge is 0.300 e. The van der Waals surface area contributed by atoms with Crippen LogP contribution in [0.3, 0.4) is 0 Å². The van der Waals surface area contributed by atoms with Gasteiger partial charge in [0.2, 0.25) is 0 Å². The average Bonchev–Trinajstić information content (AvgIpc) is 2.66. The Morgan fingerprint density at radius 1 is 1.39 bits per heavy atom. The Labute approximate surface area is 106 Å². The molecule has 0 amide bonds. The molecule has 2 aromatic rings. The third kappa shape index (κ3) is 3.35. The zero-order valence-electron chi connectivity index (χ0n) is 10.6. The zero-order valence-corrected chi connectivity index (χ0v) is 10.6. The average molecular weight is 243 g/mol. The predicted molar refractivity (Wildman–Crippen MR) is 76.4 cm³/mol. The van der Waals surface area contributed by atoms with Gasteiger partial charge >= 0.3 is 0 Å². The van der Waals surface area contributed by atoms with E-state index in [-0.39, 0.29) is 0 Å². The number of aromatic nitrogens is 1. The summed E-state index contributed by atoms with van der Waals surface area (Å²) in [6.45, 7) is 6.94. The Hall–Kier alpha value is -2.29. The molecule has 0 saturated heterocycles. The van der Waals surface area contributed by atoms with Crippen molar-refractivity contribution in [1.82, 2.24) is 4.98 Å². The third-order valence-electron chi connectivity index (χ3n) is 2.31. The fourth-order valence-corrected chi connectivity index (χ4v) is 1.70. The maximum absolute atomic E-state index is 9.00. The standard InChI is InChI=1S/C13H13N.C2H4O2/c1-3-7-12-10(4-2)11-8-5-6-9-13(11)14-12;1-2(3)4/h3-9,14H,2H2,1H3;1H3,(H,3,4)/b7-3-;. The molecule has 3 heteroatoms. The molecule has 0 aliphatic rings. The fraction of sp³-hybridized carbons (Fsp3) is 0.133. The van der Waals surface area contributed by atoms with Gasteiger partial charge in [-0.3, -0.25) is 4.79 Å². The highest BCUT2D eigenvalue weighted by atomic mass is 16.4. The molecule has 0 bridgehead atoms. The predicted octanol–water partition coefficient (Wildman–Crippen LogP) is 3.93. The Kier molecular flexibility index (Phi) is 4.93. The molecule has 0 aliphatic heterocycles. The van der Waals surface area contributed by atoms with E-state index in [0.29, 0.717) is 0 Å². The van der Waals surface area contributed by atoms with E-state index in [2.05, 4.69) is 29.8 Å². The van der Waals surface area contributed by atoms with Gasteiger partial charge in [-0.25, -0.2) is 0 Å². The van der Waals surface area contributed by atoms with E-state index in [9.17, 15) is 0 Å². The maximum atomic E-state index is 9.00. The Morgan fingerprint density at radius 3 is 2.56 bits per heavy atom. The summed E-state index contributed by atoms with van der Waals surface area (Å²) in [5, 5.41) is 8.65. The first-order valence-electron chi connectivity index (χ1n) is 5.65. The topological polar surface area (TPSA) is 53.1 Å². The van der Waals surface area contributed by atoms with Gasteiger partial charge in [0.15, 0.2) is 0 Å². The largest absolute Gasteiger partial charge is 0.481 e. The molecule has 1 aromatic carbocycles. The molecular formula is C15H17NO2. The van der Waals surface area contributed by atoms with Crippen LogP contribution in [0.2, 0.25) is 0 Å². The summed E-state index contributed by atoms with van der Waals surface area (Å²) in [5.41, 5.74) is 3.47. The lowest BCUT2D eigenvalue weighted by Gasteiger charge is -1.91. The van der Waals surface area contributed by atoms with E-state index in [1.165, 1.54) is 10.9 Å². The fourth-order valence-electron chi connectivity index (χ4n) is 1.70. The minimum Gasteiger partial charge on any atom is -0.481 e. The number of carbonyl (C=O) groups is 1. The summed E-state index contributed by atoms with van der Waals surface area (Å²) in [5.74, 6) is -0.833. The minimum atomic E-state index is -0.833. The van der Waals surface area contributed by atoms with E-state index < -0.39 is 5.97 Å². The number of rotatable bonds is 2. The highest BCUT2D eigenvalue weighted by Gasteiger charge is 2.04. The van der Waals surface area contributed by atoms with Gasteiger partial charge in [-0.05, 0) is 19.1 Å². The van der Waals surface area contributed by atoms with Crippen molar-refractivity contribution in [1.29, 1.82) is 0 Å². The summed E-state index contributed by atoms with van der Waals surface area (Å²) >= 11 is 0. The molecule has 3 nitrogen and oxygen atoms in total. The van der Waals surface area contributed by atoms with Gasteiger partial charge in [0, 0.05) is 29.1 Å². The highest BCUT2D eigenvalue weighted by molar-refractivity contribution is 5.92. The molecule has 2 N–H and O–H groups in total. The zero-order chi connectivity index (χ0) is 13.5. The second-order valence-corrected chi connectivity index (χ2v) is 3.72. The number of benzene rings is 1. The van der Waals surface area contributed by atoms with Crippen LogP contribution in [0.1, 0.15) is 25.1 Å². The minimum absolute atomic E-state index is 0.833. The summed E-state index contributed by atoms with van der Waals surface area (Å²) in [4.78, 5) is 12.4. The Morgan fingerprint density at radius 2 is 2.00 bits per heavy atom. The number of hydrogen-bond donors (Lipinski definition) is 2. The molecule has 1 heterocycles. The lowest BCUT2D eigenvalue weighted by atomic mass is 10.1. The summed E-state index contributed by atoms with van der Waals surface area (Å²) in [6.07, 6.45) is 5.99. The van der Waals surface area contributed by atoms with Crippen molar-refractivity contribution in [2.45, 2.75) is 13.8 Å². The Bertz CT molecular complexity index is 575. The number of para-hydroxylation sites is 1. The summed E-state index contributed by atoms with van der Waals surface area (Å²) in [7, 11) is 0. The van der Waals surface area contributed by atoms with Gasteiger partial charge in [0.05, 0.1) is 0 Å². The van der Waals surface area contributed by atoms with E-state index in [1.807, 2.05) is 31.2 Å². The number of fused-ring (bicyclic) bond motifs is 1. The number of nitrogens with one attached hydrogen (secondary N) is 1. The normalized spacial score (nSPS) is 10.1. The van der Waals surface area contributed by atoms with Crippen molar-refractivity contribution >= 4 is 29.0 Å². The molecule has 94 valence electrons. The van der Waals surface area contributed by atoms with Crippen molar-refractivity contribution in [3.05, 3.63) is 48.2 Å². The maximum Gasteiger partial charge on any atom is 0.300 e. The number of allylic oxidation sites excluding steroid dienone is 1. The molecule has 0 unspecified atom stereocenters. The van der Waals surface area contributed by atoms with Crippen molar-refractivity contribution in [3.63, 3.8) is 0 Å². The van der Waals surface area contributed by atoms with Crippen LogP contribution < -0.4 is 0 Å². The SMILES string of the molecule is C=Cc1c(/C=C\C)[nH]c2ccccc12.CC(=O)O. The first kappa shape index (κ1) is 13.8. The number of aromatic amines is 1. The van der Waals surface area contributed by atoms with E-state index in [4.69, 9.17) is 9.90 Å². The number of carboxylic acid groups (broad SMARTS) is 1. The summed E-state index contributed by atoms with van der Waals surface area (Å²) in [6, 6.07) is 8.26. The molecule has 0 aliphatic carbocycles. The monoisotopic (exact) mass is 243 g/mol. The van der Waals surface area contributed by atoms with Gasteiger partial charge in [-0.2, -0.15) is 0 Å². The third-order valence-corrected chi connectivity index (χ3v) is 2.31. The van der Waals surface area contributed by atoms with Crippen LogP contribution in [0.25, 0.3) is 23.1 Å². The number of H-pyrrole nitrogens is 1. The van der Waals surface area contributed by atoms with Crippen LogP contribution in [0.5, 0.6) is 0 Å². The van der Waals surface area contributed by atoms with Gasteiger partial charge < -0.3 is 10.1 Å². The molecule has 2 rings (SSSR count). The molecule has 0 atom stereocenters. The molecule has 18 heavy (non-hydrogen) atoms. The summed E-state index contributed by atoms with van der Waals surface area (Å²) < 4.78 is 0. The van der Waals surface area contributed by atoms with Crippen LogP contribution in [0.4, 0.5) is 0 Å². The van der Waals surface area contributed by atoms with Crippen molar-refractivity contribution < 1.29 is 9.90 Å². The second kappa shape index (κ2) is 6.45. The van der Waals surface area contributed by atoms with Gasteiger partial charge in [-0.15, -0.1) is 0 Å². The molecule has 1 aromatic heterocycles. The number of carboxylic acids is 1. The van der Waals surface area contributed by atoms with Crippen LogP contribution in [-0.4, -0.2) is 16.1 Å². The van der Waals surface area contributed by atoms with E-state index in [1.54, 1.807) is 0 Å². The van der Waals surface area contributed by atoms with Crippen LogP contribution in [-0.2, 0) is 4.79 Å². The lowest BCUT2D eigenvalue weighted by Crippen LogP contribution is -1.78. The second-order valence-electron chi connectivity index (χ2n) is 3.72. The van der Waals surface area contributed by atoms with E-state index in [0.717, 1.165) is 18.1 Å². The van der Waals surface area contributed by atoms with E-state index >= 15 is 0 Å². The van der Waals surface area contributed by atoms with Crippen molar-refractivity contribution in [3.8, 4) is 0 Å². The molecular weight excluding hydrogens is 226 g/mol. The van der Waals surface area contributed by atoms with Crippen LogP contribution in [0, 0.1) is 0 Å². The highest BCUT2D eigenvalue weighted by Crippen LogP contribution is 2.23. The first-order chi connectivity index (χ1) is 8.60. The first-order valence-corrected chi connectivity index (χ1v) is 5.65. The van der Waals surface area contributed by atoms with Gasteiger partial charge in [0.25, 0.3) is 5.97 Å². The van der Waals surface area contributed by atoms with Crippen molar-refractivity contribution in [2.75, 3.05) is 0 Å². The van der Waals surface area contributed by atoms with Crippen LogP contribution >= 0.6 is 0 Å². The van der Waals surface area contributed by atoms with Gasteiger partial charge in [0.1, 0.15) is 0 Å². The number of aliphatic carboxylic acids is 1. The Balaban J connectivity index is 0.000000357. The molecule has 0 fully saturated rings. The molecule has 0 spiro atoms. The van der Waals surface area contributed by atoms with Gasteiger partial charge in [-0.1, -0.05) is 36.9 Å². The number of hydrogen-bond acceptors (Lipinski definition) is 1.